The van der Waals surface area contributed by atoms with Crippen molar-refractivity contribution >= 4 is 0 Å². The number of aryl methyl sites for hydroxylation is 1. The Hall–Kier alpha value is -1.80. The lowest BCUT2D eigenvalue weighted by Crippen LogP contribution is -2.25. The minimum atomic E-state index is 0.573. The summed E-state index contributed by atoms with van der Waals surface area (Å²) < 4.78 is 5.80. The van der Waals surface area contributed by atoms with Gasteiger partial charge in [0.25, 0.3) is 0 Å². The summed E-state index contributed by atoms with van der Waals surface area (Å²) in [6.45, 7) is 6.04. The molecule has 1 N–H and O–H groups in total. The molecule has 0 aliphatic rings. The summed E-state index contributed by atoms with van der Waals surface area (Å²) in [7, 11) is 0. The van der Waals surface area contributed by atoms with Gasteiger partial charge in [0, 0.05) is 6.04 Å². The van der Waals surface area contributed by atoms with Crippen molar-refractivity contribution in [2.45, 2.75) is 39.3 Å². The smallest absolute Gasteiger partial charge is 0.119 e. The zero-order valence-electron chi connectivity index (χ0n) is 13.0. The second kappa shape index (κ2) is 8.48. The first kappa shape index (κ1) is 15.6. The second-order valence-electron chi connectivity index (χ2n) is 5.42. The summed E-state index contributed by atoms with van der Waals surface area (Å²) in [4.78, 5) is 0. The van der Waals surface area contributed by atoms with Crippen LogP contribution in [-0.2, 0) is 13.0 Å². The third-order valence-electron chi connectivity index (χ3n) is 3.59. The van der Waals surface area contributed by atoms with Gasteiger partial charge in [-0.3, -0.25) is 0 Å². The third-order valence-corrected chi connectivity index (χ3v) is 3.59. The quantitative estimate of drug-likeness (QED) is 0.784. The van der Waals surface area contributed by atoms with Crippen LogP contribution in [0, 0.1) is 0 Å². The maximum atomic E-state index is 5.80. The van der Waals surface area contributed by atoms with E-state index in [0.29, 0.717) is 12.6 Å². The first-order valence-corrected chi connectivity index (χ1v) is 7.77. The lowest BCUT2D eigenvalue weighted by molar-refractivity contribution is 0.306. The molecular formula is C19H25NO. The van der Waals surface area contributed by atoms with Gasteiger partial charge in [-0.15, -0.1) is 0 Å². The molecule has 0 aliphatic carbocycles. The lowest BCUT2D eigenvalue weighted by Gasteiger charge is -2.12. The van der Waals surface area contributed by atoms with Crippen molar-refractivity contribution in [2.75, 3.05) is 6.54 Å². The van der Waals surface area contributed by atoms with E-state index in [1.807, 2.05) is 18.2 Å². The highest BCUT2D eigenvalue weighted by atomic mass is 16.5. The second-order valence-corrected chi connectivity index (χ2v) is 5.42. The van der Waals surface area contributed by atoms with Crippen molar-refractivity contribution in [3.8, 4) is 5.75 Å². The topological polar surface area (TPSA) is 21.3 Å². The van der Waals surface area contributed by atoms with Crippen molar-refractivity contribution in [3.63, 3.8) is 0 Å². The molecule has 0 amide bonds. The van der Waals surface area contributed by atoms with Crippen LogP contribution in [0.4, 0.5) is 0 Å². The summed E-state index contributed by atoms with van der Waals surface area (Å²) in [6, 6.07) is 19.3. The lowest BCUT2D eigenvalue weighted by atomic mass is 10.1. The Bertz CT molecular complexity index is 507. The molecular weight excluding hydrogens is 258 g/mol. The Balaban J connectivity index is 1.79. The Morgan fingerprint density at radius 1 is 0.952 bits per heavy atom. The van der Waals surface area contributed by atoms with Gasteiger partial charge in [-0.2, -0.15) is 0 Å². The van der Waals surface area contributed by atoms with Crippen molar-refractivity contribution in [1.82, 2.24) is 5.32 Å². The van der Waals surface area contributed by atoms with Crippen molar-refractivity contribution in [2.24, 2.45) is 0 Å². The van der Waals surface area contributed by atoms with E-state index in [2.05, 4.69) is 55.6 Å². The molecule has 0 saturated heterocycles. The molecule has 0 heterocycles. The molecule has 2 aromatic rings. The van der Waals surface area contributed by atoms with Gasteiger partial charge in [-0.25, -0.2) is 0 Å². The van der Waals surface area contributed by atoms with E-state index < -0.39 is 0 Å². The Kier molecular flexibility index (Phi) is 6.29. The van der Waals surface area contributed by atoms with Crippen LogP contribution in [0.25, 0.3) is 0 Å². The van der Waals surface area contributed by atoms with E-state index in [9.17, 15) is 0 Å². The van der Waals surface area contributed by atoms with Gasteiger partial charge >= 0.3 is 0 Å². The first-order valence-electron chi connectivity index (χ1n) is 7.77. The number of rotatable bonds is 8. The summed E-state index contributed by atoms with van der Waals surface area (Å²) in [5, 5.41) is 3.44. The van der Waals surface area contributed by atoms with Crippen LogP contribution in [0.1, 0.15) is 31.4 Å². The van der Waals surface area contributed by atoms with Gasteiger partial charge in [0.2, 0.25) is 0 Å². The molecule has 0 aliphatic heterocycles. The SMILES string of the molecule is CCNC(C)CCc1ccc(OCc2ccccc2)cc1. The van der Waals surface area contributed by atoms with Gasteiger partial charge in [-0.05, 0) is 49.6 Å². The number of nitrogens with one attached hydrogen (secondary N) is 1. The largest absolute Gasteiger partial charge is 0.489 e. The van der Waals surface area contributed by atoms with Gasteiger partial charge < -0.3 is 10.1 Å². The van der Waals surface area contributed by atoms with Gasteiger partial charge in [0.05, 0.1) is 0 Å². The summed E-state index contributed by atoms with van der Waals surface area (Å²) >= 11 is 0. The van der Waals surface area contributed by atoms with E-state index >= 15 is 0 Å². The fourth-order valence-electron chi connectivity index (χ4n) is 2.33. The fourth-order valence-corrected chi connectivity index (χ4v) is 2.33. The van der Waals surface area contributed by atoms with E-state index in [1.165, 1.54) is 11.1 Å². The molecule has 2 nitrogen and oxygen atoms in total. The van der Waals surface area contributed by atoms with E-state index in [0.717, 1.165) is 25.1 Å². The predicted molar refractivity (Wildman–Crippen MR) is 88.7 cm³/mol. The molecule has 112 valence electrons. The molecule has 0 spiro atoms. The molecule has 2 heteroatoms. The minimum absolute atomic E-state index is 0.573. The summed E-state index contributed by atoms with van der Waals surface area (Å²) in [5.74, 6) is 0.933. The van der Waals surface area contributed by atoms with E-state index in [1.54, 1.807) is 0 Å². The maximum absolute atomic E-state index is 5.80. The monoisotopic (exact) mass is 283 g/mol. The number of hydrogen-bond acceptors (Lipinski definition) is 2. The third kappa shape index (κ3) is 5.60. The molecule has 1 unspecified atom stereocenters. The molecule has 0 aromatic heterocycles. The molecule has 2 aromatic carbocycles. The van der Waals surface area contributed by atoms with Gasteiger partial charge in [-0.1, -0.05) is 49.4 Å². The summed E-state index contributed by atoms with van der Waals surface area (Å²) in [5.41, 5.74) is 2.56. The zero-order valence-corrected chi connectivity index (χ0v) is 13.0. The summed E-state index contributed by atoms with van der Waals surface area (Å²) in [6.07, 6.45) is 2.27. The highest BCUT2D eigenvalue weighted by Crippen LogP contribution is 2.15. The van der Waals surface area contributed by atoms with E-state index in [-0.39, 0.29) is 0 Å². The standard InChI is InChI=1S/C19H25NO/c1-3-20-16(2)9-10-17-11-13-19(14-12-17)21-15-18-7-5-4-6-8-18/h4-8,11-14,16,20H,3,9-10,15H2,1-2H3. The van der Waals surface area contributed by atoms with Crippen LogP contribution in [0.15, 0.2) is 54.6 Å². The highest BCUT2D eigenvalue weighted by molar-refractivity contribution is 5.28. The molecule has 21 heavy (non-hydrogen) atoms. The molecule has 0 radical (unpaired) electrons. The Morgan fingerprint density at radius 2 is 1.67 bits per heavy atom. The Labute approximate surface area is 128 Å². The molecule has 0 saturated carbocycles. The predicted octanol–water partition coefficient (Wildman–Crippen LogP) is 4.20. The fraction of sp³-hybridized carbons (Fsp3) is 0.368. The van der Waals surface area contributed by atoms with Crippen LogP contribution < -0.4 is 10.1 Å². The van der Waals surface area contributed by atoms with Crippen molar-refractivity contribution in [3.05, 3.63) is 65.7 Å². The minimum Gasteiger partial charge on any atom is -0.489 e. The number of ether oxygens (including phenoxy) is 1. The van der Waals surface area contributed by atoms with Crippen molar-refractivity contribution in [1.29, 1.82) is 0 Å². The van der Waals surface area contributed by atoms with Crippen LogP contribution in [0.3, 0.4) is 0 Å². The first-order chi connectivity index (χ1) is 10.3. The van der Waals surface area contributed by atoms with Crippen LogP contribution in [-0.4, -0.2) is 12.6 Å². The van der Waals surface area contributed by atoms with Gasteiger partial charge in [0.15, 0.2) is 0 Å². The maximum Gasteiger partial charge on any atom is 0.119 e. The van der Waals surface area contributed by atoms with E-state index in [4.69, 9.17) is 4.74 Å². The Morgan fingerprint density at radius 3 is 2.33 bits per heavy atom. The zero-order chi connectivity index (χ0) is 14.9. The average molecular weight is 283 g/mol. The number of hydrogen-bond donors (Lipinski definition) is 1. The molecule has 1 atom stereocenters. The highest BCUT2D eigenvalue weighted by Gasteiger charge is 2.01. The van der Waals surface area contributed by atoms with Crippen LogP contribution >= 0.6 is 0 Å². The average Bonchev–Trinajstić information content (AvgIpc) is 2.53. The molecule has 0 fully saturated rings. The molecule has 2 rings (SSSR count). The van der Waals surface area contributed by atoms with Crippen molar-refractivity contribution < 1.29 is 4.74 Å². The number of benzene rings is 2. The normalized spacial score (nSPS) is 12.1. The van der Waals surface area contributed by atoms with Crippen LogP contribution in [0.5, 0.6) is 5.75 Å². The van der Waals surface area contributed by atoms with Gasteiger partial charge in [0.1, 0.15) is 12.4 Å². The molecule has 0 bridgehead atoms. The van der Waals surface area contributed by atoms with Crippen LogP contribution in [0.2, 0.25) is 0 Å².